The zero-order chi connectivity index (χ0) is 18.4. The molecule has 0 saturated heterocycles. The van der Waals surface area contributed by atoms with Gasteiger partial charge in [0.2, 0.25) is 0 Å². The number of hydrogen-bond acceptors (Lipinski definition) is 4. The van der Waals surface area contributed by atoms with Crippen molar-refractivity contribution in [1.82, 2.24) is 0 Å². The van der Waals surface area contributed by atoms with E-state index in [1.54, 1.807) is 6.07 Å². The maximum atomic E-state index is 11.2. The SMILES string of the molecule is CC(C)(C)c1ccc(OP(=O)([O-])[O-])c(C(C)(C)C)c1C(C)(C)C. The zero-order valence-corrected chi connectivity index (χ0v) is 16.6. The molecule has 1 rings (SSSR count). The molecule has 1 aromatic rings. The van der Waals surface area contributed by atoms with Gasteiger partial charge in [-0.2, -0.15) is 0 Å². The van der Waals surface area contributed by atoms with Gasteiger partial charge in [-0.3, -0.25) is 0 Å². The Labute approximate surface area is 140 Å². The summed E-state index contributed by atoms with van der Waals surface area (Å²) in [6.07, 6.45) is 0. The second-order valence-corrected chi connectivity index (χ2v) is 10.2. The molecule has 0 fully saturated rings. The van der Waals surface area contributed by atoms with Crippen LogP contribution in [0.4, 0.5) is 0 Å². The van der Waals surface area contributed by atoms with Gasteiger partial charge in [0.05, 0.1) is 0 Å². The van der Waals surface area contributed by atoms with Crippen molar-refractivity contribution in [3.8, 4) is 5.75 Å². The Balaban J connectivity index is 3.90. The Kier molecular flexibility index (Phi) is 5.20. The van der Waals surface area contributed by atoms with Gasteiger partial charge in [-0.1, -0.05) is 68.4 Å². The predicted molar refractivity (Wildman–Crippen MR) is 90.8 cm³/mol. The van der Waals surface area contributed by atoms with Crippen LogP contribution in [0.25, 0.3) is 0 Å². The normalized spacial score (nSPS) is 14.0. The van der Waals surface area contributed by atoms with Gasteiger partial charge in [-0.15, -0.1) is 0 Å². The Morgan fingerprint density at radius 3 is 1.52 bits per heavy atom. The van der Waals surface area contributed by atoms with Crippen molar-refractivity contribution in [2.24, 2.45) is 0 Å². The first-order chi connectivity index (χ1) is 9.94. The maximum absolute atomic E-state index is 11.2. The molecule has 0 aromatic heterocycles. The number of phosphoric acid groups is 1. The van der Waals surface area contributed by atoms with Crippen molar-refractivity contribution in [3.63, 3.8) is 0 Å². The molecular formula is C18H29O4P-2. The molecule has 23 heavy (non-hydrogen) atoms. The third-order valence-corrected chi connectivity index (χ3v) is 4.11. The molecule has 1 aromatic carbocycles. The average Bonchev–Trinajstić information content (AvgIpc) is 2.21. The van der Waals surface area contributed by atoms with Crippen LogP contribution in [0.15, 0.2) is 12.1 Å². The second kappa shape index (κ2) is 5.91. The van der Waals surface area contributed by atoms with E-state index in [1.165, 1.54) is 0 Å². The van der Waals surface area contributed by atoms with Gasteiger partial charge in [0.25, 0.3) is 0 Å². The average molecular weight is 340 g/mol. The zero-order valence-electron chi connectivity index (χ0n) is 15.7. The first-order valence-electron chi connectivity index (χ1n) is 7.85. The molecule has 132 valence electrons. The lowest BCUT2D eigenvalue weighted by Gasteiger charge is -2.39. The Hall–Kier alpha value is -0.830. The molecule has 0 aliphatic carbocycles. The van der Waals surface area contributed by atoms with Crippen molar-refractivity contribution < 1.29 is 18.9 Å². The van der Waals surface area contributed by atoms with E-state index >= 15 is 0 Å². The quantitative estimate of drug-likeness (QED) is 0.768. The monoisotopic (exact) mass is 340 g/mol. The summed E-state index contributed by atoms with van der Waals surface area (Å²) < 4.78 is 16.0. The highest BCUT2D eigenvalue weighted by Gasteiger charge is 2.34. The van der Waals surface area contributed by atoms with Crippen molar-refractivity contribution in [1.29, 1.82) is 0 Å². The van der Waals surface area contributed by atoms with Crippen LogP contribution in [0.3, 0.4) is 0 Å². The molecule has 0 radical (unpaired) electrons. The van der Waals surface area contributed by atoms with E-state index in [0.29, 0.717) is 0 Å². The molecule has 5 heteroatoms. The summed E-state index contributed by atoms with van der Waals surface area (Å²) in [7, 11) is -5.11. The molecule has 0 heterocycles. The molecule has 0 amide bonds. The fourth-order valence-corrected chi connectivity index (χ4v) is 3.32. The number of phosphoric ester groups is 1. The summed E-state index contributed by atoms with van der Waals surface area (Å²) in [5.41, 5.74) is 2.26. The van der Waals surface area contributed by atoms with Crippen LogP contribution in [0, 0.1) is 0 Å². The highest BCUT2D eigenvalue weighted by atomic mass is 31.2. The number of rotatable bonds is 2. The maximum Gasteiger partial charge on any atom is 0.128 e. The van der Waals surface area contributed by atoms with Gasteiger partial charge < -0.3 is 18.9 Å². The van der Waals surface area contributed by atoms with Crippen LogP contribution in [0.2, 0.25) is 0 Å². The molecule has 0 aliphatic heterocycles. The van der Waals surface area contributed by atoms with Crippen molar-refractivity contribution >= 4 is 7.82 Å². The third-order valence-electron chi connectivity index (χ3n) is 3.69. The fraction of sp³-hybridized carbons (Fsp3) is 0.667. The summed E-state index contributed by atoms with van der Waals surface area (Å²) >= 11 is 0. The minimum atomic E-state index is -5.11. The first-order valence-corrected chi connectivity index (χ1v) is 9.31. The standard InChI is InChI=1S/C18H31O4P/c1-16(2,3)12-10-11-13(22-23(19,20)21)15(18(7,8)9)14(12)17(4,5)6/h10-11H,1-9H3,(H2,19,20,21)/p-2. The van der Waals surface area contributed by atoms with Gasteiger partial charge in [-0.25, -0.2) is 0 Å². The van der Waals surface area contributed by atoms with E-state index in [0.717, 1.165) is 16.7 Å². The van der Waals surface area contributed by atoms with Crippen LogP contribution < -0.4 is 14.3 Å². The summed E-state index contributed by atoms with van der Waals surface area (Å²) in [5.74, 6) is 0.142. The van der Waals surface area contributed by atoms with Crippen LogP contribution in [0.5, 0.6) is 5.75 Å². The fourth-order valence-electron chi connectivity index (χ4n) is 2.93. The molecule has 0 unspecified atom stereocenters. The van der Waals surface area contributed by atoms with Gasteiger partial charge in [-0.05, 0) is 33.4 Å². The van der Waals surface area contributed by atoms with Gasteiger partial charge in [0.1, 0.15) is 13.6 Å². The summed E-state index contributed by atoms with van der Waals surface area (Å²) in [6, 6.07) is 3.49. The highest BCUT2D eigenvalue weighted by Crippen LogP contribution is 2.47. The molecule has 0 spiro atoms. The van der Waals surface area contributed by atoms with Gasteiger partial charge >= 0.3 is 0 Å². The predicted octanol–water partition coefficient (Wildman–Crippen LogP) is 3.79. The first kappa shape index (κ1) is 20.2. The smallest absolute Gasteiger partial charge is 0.128 e. The molecule has 0 aliphatic rings. The lowest BCUT2D eigenvalue weighted by atomic mass is 9.68. The van der Waals surface area contributed by atoms with Crippen LogP contribution in [-0.4, -0.2) is 0 Å². The second-order valence-electron chi connectivity index (χ2n) is 9.15. The lowest BCUT2D eigenvalue weighted by Crippen LogP contribution is -2.29. The van der Waals surface area contributed by atoms with Crippen LogP contribution >= 0.6 is 7.82 Å². The van der Waals surface area contributed by atoms with E-state index in [4.69, 9.17) is 4.52 Å². The Bertz CT molecular complexity index is 622. The van der Waals surface area contributed by atoms with Crippen LogP contribution in [-0.2, 0) is 20.8 Å². The van der Waals surface area contributed by atoms with Crippen molar-refractivity contribution in [2.45, 2.75) is 78.6 Å². The summed E-state index contributed by atoms with van der Waals surface area (Å²) in [5, 5.41) is 0. The topological polar surface area (TPSA) is 72.4 Å². The molecule has 4 nitrogen and oxygen atoms in total. The minimum Gasteiger partial charge on any atom is -0.780 e. The third kappa shape index (κ3) is 5.07. The van der Waals surface area contributed by atoms with Crippen molar-refractivity contribution in [3.05, 3.63) is 28.8 Å². The van der Waals surface area contributed by atoms with E-state index in [2.05, 4.69) is 41.5 Å². The highest BCUT2D eigenvalue weighted by molar-refractivity contribution is 7.43. The van der Waals surface area contributed by atoms with E-state index in [1.807, 2.05) is 26.8 Å². The molecule has 0 bridgehead atoms. The molecule has 0 saturated carbocycles. The lowest BCUT2D eigenvalue weighted by molar-refractivity contribution is -0.333. The van der Waals surface area contributed by atoms with Gasteiger partial charge in [0, 0.05) is 5.56 Å². The van der Waals surface area contributed by atoms with E-state index < -0.39 is 7.82 Å². The van der Waals surface area contributed by atoms with Crippen LogP contribution in [0.1, 0.15) is 79.0 Å². The molecule has 0 N–H and O–H groups in total. The molecular weight excluding hydrogens is 311 g/mol. The number of benzene rings is 1. The van der Waals surface area contributed by atoms with Gasteiger partial charge in [0.15, 0.2) is 0 Å². The summed E-state index contributed by atoms with van der Waals surface area (Å²) in [6.45, 7) is 18.6. The Morgan fingerprint density at radius 1 is 0.783 bits per heavy atom. The molecule has 0 atom stereocenters. The van der Waals surface area contributed by atoms with E-state index in [9.17, 15) is 14.4 Å². The minimum absolute atomic E-state index is 0.111. The largest absolute Gasteiger partial charge is 0.780 e. The summed E-state index contributed by atoms with van der Waals surface area (Å²) in [4.78, 5) is 22.3. The van der Waals surface area contributed by atoms with E-state index in [-0.39, 0.29) is 22.0 Å². The Morgan fingerprint density at radius 2 is 1.22 bits per heavy atom. The van der Waals surface area contributed by atoms with Crippen molar-refractivity contribution in [2.75, 3.05) is 0 Å². The number of hydrogen-bond donors (Lipinski definition) is 0.